The zero-order chi connectivity index (χ0) is 19.7. The van der Waals surface area contributed by atoms with E-state index in [0.29, 0.717) is 0 Å². The Kier molecular flexibility index (Phi) is 14.3. The van der Waals surface area contributed by atoms with Gasteiger partial charge in [-0.3, -0.25) is 0 Å². The Labute approximate surface area is 221 Å². The molecule has 0 amide bonds. The molecule has 0 N–H and O–H groups in total. The van der Waals surface area contributed by atoms with E-state index in [1.165, 1.54) is 40.0 Å². The molecule has 0 saturated carbocycles. The molecule has 4 aromatic rings. The summed E-state index contributed by atoms with van der Waals surface area (Å²) < 4.78 is 0. The third-order valence-corrected chi connectivity index (χ3v) is 10.2. The van der Waals surface area contributed by atoms with Gasteiger partial charge in [0.1, 0.15) is 0 Å². The molecule has 170 valence electrons. The van der Waals surface area contributed by atoms with E-state index in [4.69, 9.17) is 0 Å². The summed E-state index contributed by atoms with van der Waals surface area (Å²) in [6.45, 7) is 0. The first-order valence-electron chi connectivity index (χ1n) is 10.2. The van der Waals surface area contributed by atoms with Gasteiger partial charge in [0.25, 0.3) is 0 Å². The molecule has 0 atom stereocenters. The first-order valence-corrected chi connectivity index (χ1v) is 13.2. The number of rotatable bonds is 8. The molecular formula is C27H28Cl2P2Pd. The zero-order valence-corrected chi connectivity index (χ0v) is 22.7. The molecule has 0 nitrogen and oxygen atoms in total. The van der Waals surface area contributed by atoms with Crippen molar-refractivity contribution in [3.63, 3.8) is 0 Å². The number of hydrogen-bond donors (Lipinski definition) is 0. The first-order chi connectivity index (χ1) is 14.4. The Morgan fingerprint density at radius 2 is 0.594 bits per heavy atom. The maximum absolute atomic E-state index is 2.30. The monoisotopic (exact) mass is 590 g/mol. The van der Waals surface area contributed by atoms with Crippen LogP contribution in [0.4, 0.5) is 0 Å². The van der Waals surface area contributed by atoms with Gasteiger partial charge in [-0.25, -0.2) is 0 Å². The summed E-state index contributed by atoms with van der Waals surface area (Å²) in [5, 5.41) is 5.94. The van der Waals surface area contributed by atoms with Gasteiger partial charge < -0.3 is 0 Å². The summed E-state index contributed by atoms with van der Waals surface area (Å²) in [7, 11) is -0.618. The molecule has 0 heterocycles. The molecule has 0 aliphatic carbocycles. The molecule has 32 heavy (non-hydrogen) atoms. The normalized spacial score (nSPS) is 10.1. The van der Waals surface area contributed by atoms with Crippen LogP contribution in [0.15, 0.2) is 121 Å². The third kappa shape index (κ3) is 8.08. The van der Waals surface area contributed by atoms with Crippen LogP contribution < -0.4 is 21.2 Å². The maximum atomic E-state index is 2.30. The number of hydrogen-bond acceptors (Lipinski definition) is 0. The predicted molar refractivity (Wildman–Crippen MR) is 147 cm³/mol. The predicted octanol–water partition coefficient (Wildman–Crippen LogP) is 6.48. The van der Waals surface area contributed by atoms with Crippen LogP contribution in [-0.4, -0.2) is 12.3 Å². The molecule has 4 aromatic carbocycles. The Morgan fingerprint density at radius 3 is 0.812 bits per heavy atom. The van der Waals surface area contributed by atoms with E-state index in [2.05, 4.69) is 121 Å². The van der Waals surface area contributed by atoms with Crippen LogP contribution in [0, 0.1) is 0 Å². The van der Waals surface area contributed by atoms with Crippen molar-refractivity contribution in [1.29, 1.82) is 0 Å². The van der Waals surface area contributed by atoms with Crippen LogP contribution >= 0.6 is 40.7 Å². The average Bonchev–Trinajstić information content (AvgIpc) is 2.81. The van der Waals surface area contributed by atoms with Crippen LogP contribution in [0.3, 0.4) is 0 Å². The summed E-state index contributed by atoms with van der Waals surface area (Å²) in [4.78, 5) is 0. The molecule has 0 radical (unpaired) electrons. The van der Waals surface area contributed by atoms with Crippen molar-refractivity contribution in [3.05, 3.63) is 121 Å². The fourth-order valence-corrected chi connectivity index (χ4v) is 8.59. The first kappa shape index (κ1) is 29.0. The van der Waals surface area contributed by atoms with Gasteiger partial charge in [0.05, 0.1) is 0 Å². The number of benzene rings is 4. The Morgan fingerprint density at radius 1 is 0.375 bits per heavy atom. The summed E-state index contributed by atoms with van der Waals surface area (Å²) in [6.07, 6.45) is 3.72. The van der Waals surface area contributed by atoms with Crippen molar-refractivity contribution in [2.45, 2.75) is 6.42 Å². The van der Waals surface area contributed by atoms with Crippen LogP contribution in [-0.2, 0) is 20.4 Å². The molecule has 4 rings (SSSR count). The van der Waals surface area contributed by atoms with Crippen molar-refractivity contribution in [2.24, 2.45) is 0 Å². The Balaban J connectivity index is 0.00000171. The quantitative estimate of drug-likeness (QED) is 0.163. The summed E-state index contributed by atoms with van der Waals surface area (Å²) in [5.41, 5.74) is 0. The Bertz CT molecular complexity index is 825. The molecule has 0 bridgehead atoms. The fourth-order valence-electron chi connectivity index (χ4n) is 3.63. The van der Waals surface area contributed by atoms with E-state index in [0.717, 1.165) is 0 Å². The van der Waals surface area contributed by atoms with Gasteiger partial charge in [0.15, 0.2) is 0 Å². The van der Waals surface area contributed by atoms with E-state index >= 15 is 0 Å². The summed E-state index contributed by atoms with van der Waals surface area (Å²) >= 11 is 0. The van der Waals surface area contributed by atoms with Gasteiger partial charge in [0.2, 0.25) is 0 Å². The standard InChI is InChI=1S/C27H26P2.2ClH.Pd/c1-5-14-24(15-6-1)28(25-16-7-2-8-17-25)22-13-23-29(26-18-9-3-10-19-26)27-20-11-4-12-21-27;;;/h1-12,14-21H,13,22-23H2;2*1H;. The molecule has 0 spiro atoms. The van der Waals surface area contributed by atoms with E-state index in [1.807, 2.05) is 0 Å². The molecule has 0 saturated heterocycles. The minimum Gasteiger partial charge on any atom is -0.147 e. The second-order valence-corrected chi connectivity index (χ2v) is 11.7. The van der Waals surface area contributed by atoms with E-state index < -0.39 is 0 Å². The second kappa shape index (κ2) is 15.8. The fraction of sp³-hybridized carbons (Fsp3) is 0.111. The summed E-state index contributed by atoms with van der Waals surface area (Å²) in [6, 6.07) is 44.3. The minimum atomic E-state index is -0.309. The smallest absolute Gasteiger partial charge is 0 e. The van der Waals surface area contributed by atoms with Crippen molar-refractivity contribution < 1.29 is 20.4 Å². The van der Waals surface area contributed by atoms with E-state index in [1.54, 1.807) is 0 Å². The van der Waals surface area contributed by atoms with Crippen molar-refractivity contribution in [1.82, 2.24) is 0 Å². The summed E-state index contributed by atoms with van der Waals surface area (Å²) in [5.74, 6) is 0. The van der Waals surface area contributed by atoms with Crippen molar-refractivity contribution in [3.8, 4) is 0 Å². The van der Waals surface area contributed by atoms with Crippen LogP contribution in [0.5, 0.6) is 0 Å². The molecule has 0 fully saturated rings. The van der Waals surface area contributed by atoms with Crippen LogP contribution in [0.2, 0.25) is 0 Å². The van der Waals surface area contributed by atoms with Crippen molar-refractivity contribution in [2.75, 3.05) is 12.3 Å². The Hall–Kier alpha value is -1.02. The molecule has 5 heteroatoms. The van der Waals surface area contributed by atoms with Crippen LogP contribution in [0.1, 0.15) is 6.42 Å². The largest absolute Gasteiger partial charge is 0.147 e. The average molecular weight is 592 g/mol. The zero-order valence-electron chi connectivity index (χ0n) is 17.7. The molecule has 0 aliphatic rings. The van der Waals surface area contributed by atoms with Gasteiger partial charge in [-0.1, -0.05) is 121 Å². The van der Waals surface area contributed by atoms with Gasteiger partial charge in [-0.05, 0) is 55.8 Å². The molecular weight excluding hydrogens is 564 g/mol. The molecule has 0 aliphatic heterocycles. The van der Waals surface area contributed by atoms with E-state index in [9.17, 15) is 0 Å². The van der Waals surface area contributed by atoms with Gasteiger partial charge >= 0.3 is 0 Å². The van der Waals surface area contributed by atoms with Gasteiger partial charge in [-0.2, -0.15) is 0 Å². The minimum absolute atomic E-state index is 0. The molecule has 0 aromatic heterocycles. The SMILES string of the molecule is Cl.Cl.[Pd].c1ccc(P(CCCP(c2ccccc2)c2ccccc2)c2ccccc2)cc1. The third-order valence-electron chi connectivity index (χ3n) is 5.03. The topological polar surface area (TPSA) is 0 Å². The van der Waals surface area contributed by atoms with Gasteiger partial charge in [0, 0.05) is 20.4 Å². The van der Waals surface area contributed by atoms with Gasteiger partial charge in [-0.15, -0.1) is 24.8 Å². The molecule has 0 unspecified atom stereocenters. The van der Waals surface area contributed by atoms with E-state index in [-0.39, 0.29) is 61.1 Å². The maximum Gasteiger partial charge on any atom is 0 e. The van der Waals surface area contributed by atoms with Crippen molar-refractivity contribution >= 4 is 61.9 Å². The second-order valence-electron chi connectivity index (χ2n) is 7.00. The number of halogens is 2. The van der Waals surface area contributed by atoms with Crippen LogP contribution in [0.25, 0.3) is 0 Å².